The number of rotatable bonds is 3. The average molecular weight is 375 g/mol. The van der Waals surface area contributed by atoms with E-state index in [0.29, 0.717) is 16.8 Å². The van der Waals surface area contributed by atoms with E-state index in [1.165, 1.54) is 18.0 Å². The largest absolute Gasteiger partial charge is 0.505 e. The first-order chi connectivity index (χ1) is 12.7. The predicted octanol–water partition coefficient (Wildman–Crippen LogP) is 6.00. The summed E-state index contributed by atoms with van der Waals surface area (Å²) in [5.74, 6) is -4.50. The SMILES string of the molecule is Cc1cc(-c2ccc(F)c(F)c2)cc(N(C)c2c(F)ccc(O)c2F)c1C. The highest BCUT2D eigenvalue weighted by Gasteiger charge is 2.21. The smallest absolute Gasteiger partial charge is 0.191 e. The molecule has 0 saturated heterocycles. The molecule has 6 heteroatoms. The van der Waals surface area contributed by atoms with Crippen molar-refractivity contribution < 1.29 is 22.7 Å². The van der Waals surface area contributed by atoms with Crippen LogP contribution in [0.25, 0.3) is 11.1 Å². The summed E-state index contributed by atoms with van der Waals surface area (Å²) in [6.07, 6.45) is 0. The minimum Gasteiger partial charge on any atom is -0.505 e. The molecule has 0 unspecified atom stereocenters. The molecule has 2 nitrogen and oxygen atoms in total. The van der Waals surface area contributed by atoms with Crippen LogP contribution in [0.3, 0.4) is 0 Å². The fourth-order valence-corrected chi connectivity index (χ4v) is 2.99. The van der Waals surface area contributed by atoms with E-state index in [4.69, 9.17) is 0 Å². The van der Waals surface area contributed by atoms with Crippen molar-refractivity contribution >= 4 is 11.4 Å². The second-order valence-electron chi connectivity index (χ2n) is 6.35. The quantitative estimate of drug-likeness (QED) is 0.568. The highest BCUT2D eigenvalue weighted by molar-refractivity contribution is 5.76. The summed E-state index contributed by atoms with van der Waals surface area (Å²) in [5.41, 5.74) is 2.63. The Morgan fingerprint density at radius 2 is 1.44 bits per heavy atom. The van der Waals surface area contributed by atoms with Crippen LogP contribution in [0.5, 0.6) is 5.75 Å². The van der Waals surface area contributed by atoms with Crippen LogP contribution in [-0.4, -0.2) is 12.2 Å². The van der Waals surface area contributed by atoms with Crippen molar-refractivity contribution in [3.8, 4) is 16.9 Å². The van der Waals surface area contributed by atoms with Crippen molar-refractivity contribution in [1.29, 1.82) is 0 Å². The first-order valence-corrected chi connectivity index (χ1v) is 8.18. The van der Waals surface area contributed by atoms with Gasteiger partial charge in [-0.2, -0.15) is 0 Å². The van der Waals surface area contributed by atoms with E-state index in [9.17, 15) is 22.7 Å². The fourth-order valence-electron chi connectivity index (χ4n) is 2.99. The third kappa shape index (κ3) is 3.35. The molecule has 0 saturated carbocycles. The topological polar surface area (TPSA) is 23.5 Å². The zero-order valence-electron chi connectivity index (χ0n) is 14.9. The summed E-state index contributed by atoms with van der Waals surface area (Å²) >= 11 is 0. The minimum absolute atomic E-state index is 0.403. The molecule has 140 valence electrons. The van der Waals surface area contributed by atoms with Crippen LogP contribution in [-0.2, 0) is 0 Å². The third-order valence-corrected chi connectivity index (χ3v) is 4.64. The Kier molecular flexibility index (Phi) is 4.83. The van der Waals surface area contributed by atoms with Gasteiger partial charge in [0, 0.05) is 12.7 Å². The van der Waals surface area contributed by atoms with Gasteiger partial charge in [-0.15, -0.1) is 0 Å². The summed E-state index contributed by atoms with van der Waals surface area (Å²) < 4.78 is 55.4. The van der Waals surface area contributed by atoms with E-state index in [1.54, 1.807) is 19.1 Å². The van der Waals surface area contributed by atoms with Crippen LogP contribution in [0.1, 0.15) is 11.1 Å². The fraction of sp³-hybridized carbons (Fsp3) is 0.143. The van der Waals surface area contributed by atoms with Gasteiger partial charge in [0.05, 0.1) is 0 Å². The number of anilines is 2. The molecule has 3 aromatic carbocycles. The number of hydrogen-bond donors (Lipinski definition) is 1. The van der Waals surface area contributed by atoms with Crippen LogP contribution >= 0.6 is 0 Å². The van der Waals surface area contributed by atoms with Gasteiger partial charge in [0.15, 0.2) is 23.2 Å². The van der Waals surface area contributed by atoms with Gasteiger partial charge in [-0.1, -0.05) is 12.1 Å². The van der Waals surface area contributed by atoms with Crippen molar-refractivity contribution in [3.63, 3.8) is 0 Å². The number of aromatic hydroxyl groups is 1. The standard InChI is InChI=1S/C21H17F4NO/c1-11-8-14(13-4-5-15(22)17(24)9-13)10-18(12(11)2)26(3)21-16(23)6-7-19(27)20(21)25/h4-10,27H,1-3H3. The molecule has 0 amide bonds. The lowest BCUT2D eigenvalue weighted by Crippen LogP contribution is -2.15. The Hall–Kier alpha value is -3.02. The normalized spacial score (nSPS) is 10.9. The van der Waals surface area contributed by atoms with E-state index in [0.717, 1.165) is 35.4 Å². The maximum absolute atomic E-state index is 14.3. The van der Waals surface area contributed by atoms with E-state index < -0.39 is 34.7 Å². The Morgan fingerprint density at radius 3 is 2.11 bits per heavy atom. The summed E-state index contributed by atoms with van der Waals surface area (Å²) in [6.45, 7) is 3.60. The van der Waals surface area contributed by atoms with Gasteiger partial charge in [-0.3, -0.25) is 0 Å². The molecule has 1 N–H and O–H groups in total. The Bertz CT molecular complexity index is 1030. The Morgan fingerprint density at radius 1 is 0.778 bits per heavy atom. The van der Waals surface area contributed by atoms with Gasteiger partial charge >= 0.3 is 0 Å². The zero-order chi connectivity index (χ0) is 19.9. The second kappa shape index (κ2) is 6.95. The maximum atomic E-state index is 14.3. The summed E-state index contributed by atoms with van der Waals surface area (Å²) in [7, 11) is 1.47. The lowest BCUT2D eigenvalue weighted by atomic mass is 9.97. The zero-order valence-corrected chi connectivity index (χ0v) is 14.9. The van der Waals surface area contributed by atoms with E-state index in [2.05, 4.69) is 0 Å². The molecule has 0 aliphatic heterocycles. The number of nitrogens with zero attached hydrogens (tertiary/aromatic N) is 1. The first kappa shape index (κ1) is 18.8. The summed E-state index contributed by atoms with van der Waals surface area (Å²) in [6, 6.07) is 8.87. The number of aryl methyl sites for hydroxylation is 1. The molecule has 0 bridgehead atoms. The van der Waals surface area contributed by atoms with Gasteiger partial charge in [0.2, 0.25) is 0 Å². The van der Waals surface area contributed by atoms with Crippen molar-refractivity contribution in [1.82, 2.24) is 0 Å². The van der Waals surface area contributed by atoms with Crippen LogP contribution < -0.4 is 4.90 Å². The number of phenols is 1. The number of halogens is 4. The Labute approximate surface area is 154 Å². The molecule has 3 rings (SSSR count). The Balaban J connectivity index is 2.18. The highest BCUT2D eigenvalue weighted by atomic mass is 19.2. The number of hydrogen-bond acceptors (Lipinski definition) is 2. The molecule has 27 heavy (non-hydrogen) atoms. The molecular formula is C21H17F4NO. The van der Waals surface area contributed by atoms with Crippen LogP contribution in [0, 0.1) is 37.1 Å². The van der Waals surface area contributed by atoms with Crippen molar-refractivity contribution in [2.75, 3.05) is 11.9 Å². The third-order valence-electron chi connectivity index (χ3n) is 4.64. The number of phenolic OH excluding ortho intramolecular Hbond substituents is 1. The van der Waals surface area contributed by atoms with E-state index in [-0.39, 0.29) is 0 Å². The monoisotopic (exact) mass is 375 g/mol. The highest BCUT2D eigenvalue weighted by Crippen LogP contribution is 2.38. The second-order valence-corrected chi connectivity index (χ2v) is 6.35. The van der Waals surface area contributed by atoms with Crippen LogP contribution in [0.15, 0.2) is 42.5 Å². The van der Waals surface area contributed by atoms with Gasteiger partial charge in [0.25, 0.3) is 0 Å². The predicted molar refractivity (Wildman–Crippen MR) is 97.4 cm³/mol. The maximum Gasteiger partial charge on any atom is 0.191 e. The molecule has 0 atom stereocenters. The van der Waals surface area contributed by atoms with Crippen molar-refractivity contribution in [2.45, 2.75) is 13.8 Å². The summed E-state index contributed by atoms with van der Waals surface area (Å²) in [4.78, 5) is 1.29. The molecule has 0 aromatic heterocycles. The first-order valence-electron chi connectivity index (χ1n) is 8.18. The number of benzene rings is 3. The van der Waals surface area contributed by atoms with E-state index >= 15 is 0 Å². The van der Waals surface area contributed by atoms with Crippen molar-refractivity contribution in [2.24, 2.45) is 0 Å². The molecule has 0 aliphatic rings. The lowest BCUT2D eigenvalue weighted by molar-refractivity contribution is 0.429. The van der Waals surface area contributed by atoms with Gasteiger partial charge in [0.1, 0.15) is 11.5 Å². The summed E-state index contributed by atoms with van der Waals surface area (Å²) in [5, 5.41) is 9.59. The molecule has 0 aliphatic carbocycles. The molecule has 0 fully saturated rings. The molecular weight excluding hydrogens is 358 g/mol. The molecule has 0 heterocycles. The van der Waals surface area contributed by atoms with Gasteiger partial charge < -0.3 is 10.0 Å². The molecule has 0 radical (unpaired) electrons. The van der Waals surface area contributed by atoms with Crippen LogP contribution in [0.4, 0.5) is 28.9 Å². The lowest BCUT2D eigenvalue weighted by Gasteiger charge is -2.25. The van der Waals surface area contributed by atoms with Gasteiger partial charge in [-0.25, -0.2) is 17.6 Å². The van der Waals surface area contributed by atoms with Gasteiger partial charge in [-0.05, 0) is 66.4 Å². The van der Waals surface area contributed by atoms with Crippen molar-refractivity contribution in [3.05, 3.63) is 76.9 Å². The molecule has 0 spiro atoms. The average Bonchev–Trinajstić information content (AvgIpc) is 2.63. The van der Waals surface area contributed by atoms with E-state index in [1.807, 2.05) is 6.92 Å². The van der Waals surface area contributed by atoms with Crippen LogP contribution in [0.2, 0.25) is 0 Å². The molecule has 3 aromatic rings. The minimum atomic E-state index is -1.08.